The van der Waals surface area contributed by atoms with Gasteiger partial charge < -0.3 is 10.2 Å². The Labute approximate surface area is 115 Å². The Kier molecular flexibility index (Phi) is 9.59. The van der Waals surface area contributed by atoms with E-state index in [4.69, 9.17) is 0 Å². The van der Waals surface area contributed by atoms with Crippen molar-refractivity contribution in [2.24, 2.45) is 0 Å². The van der Waals surface area contributed by atoms with Crippen LogP contribution >= 0.6 is 0 Å². The summed E-state index contributed by atoms with van der Waals surface area (Å²) >= 11 is 0. The van der Waals surface area contributed by atoms with E-state index in [0.29, 0.717) is 0 Å². The van der Waals surface area contributed by atoms with Crippen molar-refractivity contribution in [3.63, 3.8) is 0 Å². The summed E-state index contributed by atoms with van der Waals surface area (Å²) in [4.78, 5) is 2.27. The van der Waals surface area contributed by atoms with Crippen molar-refractivity contribution in [2.75, 3.05) is 27.2 Å². The quantitative estimate of drug-likeness (QED) is 0.820. The van der Waals surface area contributed by atoms with Crippen LogP contribution in [-0.4, -0.2) is 38.1 Å². The van der Waals surface area contributed by atoms with Crippen LogP contribution in [0.15, 0.2) is 0 Å². The smallest absolute Gasteiger partial charge is 0.0101 e. The van der Waals surface area contributed by atoms with Crippen LogP contribution in [-0.2, 0) is 0 Å². The maximum Gasteiger partial charge on any atom is 0.0101 e. The second kappa shape index (κ2) is 10.8. The second-order valence-corrected chi connectivity index (χ2v) is 6.21. The zero-order valence-corrected chi connectivity index (χ0v) is 12.7. The molecule has 0 aromatic heterocycles. The normalized spacial score (nSPS) is 21.5. The topological polar surface area (TPSA) is 15.3 Å². The summed E-state index contributed by atoms with van der Waals surface area (Å²) in [5, 5.41) is 3.76. The first-order chi connectivity index (χ1) is 8.79. The predicted octanol–water partition coefficient (Wildman–Crippen LogP) is 3.81. The summed E-state index contributed by atoms with van der Waals surface area (Å²) in [6.45, 7) is 2.31. The maximum absolute atomic E-state index is 3.76. The average Bonchev–Trinajstić information content (AvgIpc) is 2.31. The number of hydrogen-bond donors (Lipinski definition) is 1. The minimum Gasteiger partial charge on any atom is -0.313 e. The van der Waals surface area contributed by atoms with E-state index in [1.54, 1.807) is 0 Å². The van der Waals surface area contributed by atoms with E-state index in [1.807, 2.05) is 0 Å². The second-order valence-electron chi connectivity index (χ2n) is 6.21. The zero-order valence-electron chi connectivity index (χ0n) is 12.7. The van der Waals surface area contributed by atoms with Crippen molar-refractivity contribution in [1.82, 2.24) is 10.2 Å². The van der Waals surface area contributed by atoms with Crippen LogP contribution in [0.1, 0.15) is 70.6 Å². The van der Waals surface area contributed by atoms with E-state index in [9.17, 15) is 0 Å². The molecule has 0 spiro atoms. The van der Waals surface area contributed by atoms with Gasteiger partial charge in [0, 0.05) is 19.1 Å². The molecule has 1 N–H and O–H groups in total. The van der Waals surface area contributed by atoms with Crippen molar-refractivity contribution in [3.05, 3.63) is 0 Å². The Balaban J connectivity index is 2.18. The predicted molar refractivity (Wildman–Crippen MR) is 81.1 cm³/mol. The van der Waals surface area contributed by atoms with Gasteiger partial charge in [-0.3, -0.25) is 0 Å². The van der Waals surface area contributed by atoms with Gasteiger partial charge in [-0.15, -0.1) is 0 Å². The van der Waals surface area contributed by atoms with E-state index in [0.717, 1.165) is 19.1 Å². The molecule has 0 aromatic rings. The van der Waals surface area contributed by atoms with Crippen molar-refractivity contribution >= 4 is 0 Å². The molecule has 0 saturated heterocycles. The number of nitrogens with one attached hydrogen (secondary N) is 1. The van der Waals surface area contributed by atoms with Crippen LogP contribution in [0.2, 0.25) is 0 Å². The molecular formula is C16H34N2. The Hall–Kier alpha value is -0.0800. The van der Waals surface area contributed by atoms with E-state index in [1.165, 1.54) is 70.6 Å². The minimum atomic E-state index is 0.782. The van der Waals surface area contributed by atoms with E-state index in [2.05, 4.69) is 24.3 Å². The van der Waals surface area contributed by atoms with Crippen molar-refractivity contribution in [3.8, 4) is 0 Å². The summed E-state index contributed by atoms with van der Waals surface area (Å²) in [6.07, 6.45) is 15.9. The first-order valence-corrected chi connectivity index (χ1v) is 8.17. The molecule has 108 valence electrons. The molecular weight excluding hydrogens is 220 g/mol. The molecule has 0 unspecified atom stereocenters. The van der Waals surface area contributed by atoms with Crippen molar-refractivity contribution in [1.29, 1.82) is 0 Å². The monoisotopic (exact) mass is 254 g/mol. The lowest BCUT2D eigenvalue weighted by Crippen LogP contribution is -2.34. The van der Waals surface area contributed by atoms with E-state index < -0.39 is 0 Å². The van der Waals surface area contributed by atoms with Gasteiger partial charge in [0.1, 0.15) is 0 Å². The lowest BCUT2D eigenvalue weighted by molar-refractivity contribution is 0.357. The number of likely N-dealkylation sites (N-methyl/N-ethyl adjacent to an activating group) is 1. The Bertz CT molecular complexity index is 168. The summed E-state index contributed by atoms with van der Waals surface area (Å²) in [5.74, 6) is 0. The van der Waals surface area contributed by atoms with Gasteiger partial charge in [0.25, 0.3) is 0 Å². The van der Waals surface area contributed by atoms with Gasteiger partial charge in [0.15, 0.2) is 0 Å². The summed E-state index contributed by atoms with van der Waals surface area (Å²) < 4.78 is 0. The number of hydrogen-bond acceptors (Lipinski definition) is 2. The molecule has 1 aliphatic rings. The highest BCUT2D eigenvalue weighted by atomic mass is 15.1. The molecule has 0 heterocycles. The van der Waals surface area contributed by atoms with E-state index in [-0.39, 0.29) is 0 Å². The van der Waals surface area contributed by atoms with Gasteiger partial charge in [-0.1, -0.05) is 57.8 Å². The van der Waals surface area contributed by atoms with Crippen LogP contribution in [0.5, 0.6) is 0 Å². The molecule has 18 heavy (non-hydrogen) atoms. The Morgan fingerprint density at radius 3 is 1.67 bits per heavy atom. The number of rotatable bonds is 4. The molecule has 0 radical (unpaired) electrons. The molecule has 2 heteroatoms. The molecule has 1 rings (SSSR count). The fourth-order valence-corrected chi connectivity index (χ4v) is 2.86. The minimum absolute atomic E-state index is 0.782. The fourth-order valence-electron chi connectivity index (χ4n) is 2.86. The van der Waals surface area contributed by atoms with Gasteiger partial charge in [-0.2, -0.15) is 0 Å². The standard InChI is InChI=1S/C16H34N2/c1-18(2)15-14-17-16-12-10-8-6-4-3-5-7-9-11-13-16/h16-17H,3-15H2,1-2H3. The first-order valence-electron chi connectivity index (χ1n) is 8.17. The first kappa shape index (κ1) is 16.0. The lowest BCUT2D eigenvalue weighted by atomic mass is 9.98. The van der Waals surface area contributed by atoms with Gasteiger partial charge in [-0.25, -0.2) is 0 Å². The van der Waals surface area contributed by atoms with Crippen molar-refractivity contribution < 1.29 is 0 Å². The summed E-state index contributed by atoms with van der Waals surface area (Å²) in [7, 11) is 4.31. The lowest BCUT2D eigenvalue weighted by Gasteiger charge is -2.20. The Morgan fingerprint density at radius 2 is 1.22 bits per heavy atom. The average molecular weight is 254 g/mol. The largest absolute Gasteiger partial charge is 0.313 e. The third-order valence-electron chi connectivity index (χ3n) is 4.10. The van der Waals surface area contributed by atoms with Crippen LogP contribution in [0, 0.1) is 0 Å². The molecule has 0 bridgehead atoms. The van der Waals surface area contributed by atoms with Crippen molar-refractivity contribution in [2.45, 2.75) is 76.7 Å². The van der Waals surface area contributed by atoms with Crippen LogP contribution in [0.25, 0.3) is 0 Å². The van der Waals surface area contributed by atoms with Gasteiger partial charge in [-0.05, 0) is 26.9 Å². The Morgan fingerprint density at radius 1 is 0.778 bits per heavy atom. The molecule has 0 amide bonds. The van der Waals surface area contributed by atoms with Gasteiger partial charge in [0.05, 0.1) is 0 Å². The SMILES string of the molecule is CN(C)CCNC1CCCCCCCCCCC1. The van der Waals surface area contributed by atoms with E-state index >= 15 is 0 Å². The van der Waals surface area contributed by atoms with Gasteiger partial charge in [0.2, 0.25) is 0 Å². The van der Waals surface area contributed by atoms with Gasteiger partial charge >= 0.3 is 0 Å². The molecule has 1 fully saturated rings. The van der Waals surface area contributed by atoms with Crippen LogP contribution < -0.4 is 5.32 Å². The van der Waals surface area contributed by atoms with Crippen LogP contribution in [0.4, 0.5) is 0 Å². The molecule has 2 nitrogen and oxygen atoms in total. The molecule has 1 saturated carbocycles. The molecule has 0 atom stereocenters. The third kappa shape index (κ3) is 8.93. The highest BCUT2D eigenvalue weighted by Gasteiger charge is 2.08. The summed E-state index contributed by atoms with van der Waals surface area (Å²) in [6, 6.07) is 0.782. The molecule has 0 aliphatic heterocycles. The summed E-state index contributed by atoms with van der Waals surface area (Å²) in [5.41, 5.74) is 0. The maximum atomic E-state index is 3.76. The molecule has 1 aliphatic carbocycles. The third-order valence-corrected chi connectivity index (χ3v) is 4.10. The fraction of sp³-hybridized carbons (Fsp3) is 1.00. The van der Waals surface area contributed by atoms with Crippen LogP contribution in [0.3, 0.4) is 0 Å². The zero-order chi connectivity index (χ0) is 13.1. The molecule has 0 aromatic carbocycles. The highest BCUT2D eigenvalue weighted by molar-refractivity contribution is 4.68. The highest BCUT2D eigenvalue weighted by Crippen LogP contribution is 2.16. The number of nitrogens with zero attached hydrogens (tertiary/aromatic N) is 1.